The van der Waals surface area contributed by atoms with Gasteiger partial charge in [0.05, 0.1) is 25.7 Å². The number of phenols is 1. The molecule has 1 aromatic carbocycles. The summed E-state index contributed by atoms with van der Waals surface area (Å²) in [4.78, 5) is 11.0. The van der Waals surface area contributed by atoms with Crippen LogP contribution in [0.25, 0.3) is 0 Å². The van der Waals surface area contributed by atoms with Crippen LogP contribution in [-0.4, -0.2) is 25.3 Å². The third-order valence-corrected chi connectivity index (χ3v) is 2.14. The number of rotatable bonds is 3. The highest BCUT2D eigenvalue weighted by atomic mass is 35.5. The van der Waals surface area contributed by atoms with E-state index in [1.54, 1.807) is 6.07 Å². The van der Waals surface area contributed by atoms with Crippen molar-refractivity contribution in [2.45, 2.75) is 6.42 Å². The van der Waals surface area contributed by atoms with Crippen LogP contribution in [0.3, 0.4) is 0 Å². The van der Waals surface area contributed by atoms with Crippen molar-refractivity contribution in [2.75, 3.05) is 14.2 Å². The van der Waals surface area contributed by atoms with Crippen molar-refractivity contribution in [3.05, 3.63) is 22.7 Å². The van der Waals surface area contributed by atoms with E-state index in [0.717, 1.165) is 0 Å². The van der Waals surface area contributed by atoms with Gasteiger partial charge in [-0.2, -0.15) is 0 Å². The number of benzene rings is 1. The van der Waals surface area contributed by atoms with Gasteiger partial charge in [0.15, 0.2) is 11.5 Å². The molecule has 0 amide bonds. The zero-order valence-electron chi connectivity index (χ0n) is 8.41. The van der Waals surface area contributed by atoms with Crippen LogP contribution in [0.15, 0.2) is 12.1 Å². The molecule has 0 unspecified atom stereocenters. The van der Waals surface area contributed by atoms with E-state index in [-0.39, 0.29) is 22.9 Å². The van der Waals surface area contributed by atoms with Crippen LogP contribution < -0.4 is 4.74 Å². The molecule has 0 radical (unpaired) electrons. The largest absolute Gasteiger partial charge is 0.504 e. The topological polar surface area (TPSA) is 55.8 Å². The summed E-state index contributed by atoms with van der Waals surface area (Å²) in [5, 5.41) is 9.76. The van der Waals surface area contributed by atoms with Crippen LogP contribution in [0.1, 0.15) is 5.56 Å². The molecular formula is C10H11ClO4. The summed E-state index contributed by atoms with van der Waals surface area (Å²) in [5.74, 6) is -0.287. The molecule has 0 heterocycles. The number of phenolic OH excluding ortho intramolecular Hbond substituents is 1. The Hall–Kier alpha value is -1.42. The van der Waals surface area contributed by atoms with Crippen molar-refractivity contribution < 1.29 is 19.4 Å². The monoisotopic (exact) mass is 230 g/mol. The molecule has 4 nitrogen and oxygen atoms in total. The number of hydrogen-bond donors (Lipinski definition) is 1. The Bertz CT molecular complexity index is 353. The van der Waals surface area contributed by atoms with E-state index >= 15 is 0 Å². The smallest absolute Gasteiger partial charge is 0.309 e. The van der Waals surface area contributed by atoms with E-state index < -0.39 is 5.97 Å². The van der Waals surface area contributed by atoms with Crippen LogP contribution in [0.4, 0.5) is 0 Å². The molecule has 82 valence electrons. The van der Waals surface area contributed by atoms with Crippen LogP contribution >= 0.6 is 11.6 Å². The molecule has 0 aliphatic rings. The highest BCUT2D eigenvalue weighted by Gasteiger charge is 2.11. The Kier molecular flexibility index (Phi) is 3.80. The Morgan fingerprint density at radius 3 is 2.60 bits per heavy atom. The first kappa shape index (κ1) is 11.7. The van der Waals surface area contributed by atoms with Crippen molar-refractivity contribution in [3.63, 3.8) is 0 Å². The molecule has 1 rings (SSSR count). The maximum Gasteiger partial charge on any atom is 0.309 e. The Morgan fingerprint density at radius 2 is 2.13 bits per heavy atom. The standard InChI is InChI=1S/C10H11ClO4/c1-14-9(13)5-6-3-7(11)10(15-2)8(12)4-6/h3-4,12H,5H2,1-2H3. The highest BCUT2D eigenvalue weighted by Crippen LogP contribution is 2.35. The average Bonchev–Trinajstić information content (AvgIpc) is 2.17. The fraction of sp³-hybridized carbons (Fsp3) is 0.300. The van der Waals surface area contributed by atoms with Crippen molar-refractivity contribution in [2.24, 2.45) is 0 Å². The minimum atomic E-state index is -0.393. The normalized spacial score (nSPS) is 9.80. The minimum absolute atomic E-state index is 0.0633. The molecule has 0 fully saturated rings. The molecule has 0 aliphatic heterocycles. The molecular weight excluding hydrogens is 220 g/mol. The van der Waals surface area contributed by atoms with Crippen LogP contribution in [0, 0.1) is 0 Å². The van der Waals surface area contributed by atoms with E-state index in [1.807, 2.05) is 0 Å². The fourth-order valence-corrected chi connectivity index (χ4v) is 1.49. The minimum Gasteiger partial charge on any atom is -0.504 e. The van der Waals surface area contributed by atoms with Gasteiger partial charge in [0.2, 0.25) is 0 Å². The summed E-state index contributed by atoms with van der Waals surface area (Å²) >= 11 is 5.82. The van der Waals surface area contributed by atoms with Gasteiger partial charge < -0.3 is 14.6 Å². The van der Waals surface area contributed by atoms with Crippen LogP contribution in [0.5, 0.6) is 11.5 Å². The molecule has 1 N–H and O–H groups in total. The maximum atomic E-state index is 11.0. The van der Waals surface area contributed by atoms with Crippen molar-refractivity contribution >= 4 is 17.6 Å². The first-order valence-electron chi connectivity index (χ1n) is 4.20. The fourth-order valence-electron chi connectivity index (χ4n) is 1.18. The van der Waals surface area contributed by atoms with Gasteiger partial charge in [-0.25, -0.2) is 0 Å². The lowest BCUT2D eigenvalue weighted by Crippen LogP contribution is -2.04. The predicted octanol–water partition coefficient (Wildman–Crippen LogP) is 1.77. The molecule has 0 bridgehead atoms. The number of ether oxygens (including phenoxy) is 2. The lowest BCUT2D eigenvalue weighted by Gasteiger charge is -2.07. The number of aromatic hydroxyl groups is 1. The predicted molar refractivity (Wildman–Crippen MR) is 55.4 cm³/mol. The van der Waals surface area contributed by atoms with E-state index in [4.69, 9.17) is 16.3 Å². The molecule has 0 aromatic heterocycles. The Balaban J connectivity index is 2.98. The van der Waals surface area contributed by atoms with E-state index in [0.29, 0.717) is 5.56 Å². The van der Waals surface area contributed by atoms with Gasteiger partial charge in [-0.15, -0.1) is 0 Å². The molecule has 1 aromatic rings. The zero-order valence-corrected chi connectivity index (χ0v) is 9.17. The van der Waals surface area contributed by atoms with Crippen molar-refractivity contribution in [3.8, 4) is 11.5 Å². The number of methoxy groups -OCH3 is 2. The van der Waals surface area contributed by atoms with Crippen LogP contribution in [0.2, 0.25) is 5.02 Å². The average molecular weight is 231 g/mol. The van der Waals surface area contributed by atoms with E-state index in [9.17, 15) is 9.90 Å². The van der Waals surface area contributed by atoms with E-state index in [1.165, 1.54) is 20.3 Å². The van der Waals surface area contributed by atoms with Gasteiger partial charge in [-0.05, 0) is 17.7 Å². The Morgan fingerprint density at radius 1 is 1.47 bits per heavy atom. The van der Waals surface area contributed by atoms with Crippen LogP contribution in [-0.2, 0) is 16.0 Å². The van der Waals surface area contributed by atoms with Gasteiger partial charge in [0, 0.05) is 0 Å². The zero-order chi connectivity index (χ0) is 11.4. The summed E-state index contributed by atoms with van der Waals surface area (Å²) in [6.07, 6.45) is 0.0633. The SMILES string of the molecule is COC(=O)Cc1cc(O)c(OC)c(Cl)c1. The second-order valence-corrected chi connectivity index (χ2v) is 3.29. The first-order valence-corrected chi connectivity index (χ1v) is 4.58. The summed E-state index contributed by atoms with van der Waals surface area (Å²) < 4.78 is 9.36. The number of carbonyl (C=O) groups is 1. The van der Waals surface area contributed by atoms with Gasteiger partial charge in [-0.3, -0.25) is 4.79 Å². The second kappa shape index (κ2) is 4.89. The lowest BCUT2D eigenvalue weighted by atomic mass is 10.1. The summed E-state index contributed by atoms with van der Waals surface area (Å²) in [6.45, 7) is 0. The number of carbonyl (C=O) groups excluding carboxylic acids is 1. The first-order chi connectivity index (χ1) is 7.08. The van der Waals surface area contributed by atoms with Crippen molar-refractivity contribution in [1.82, 2.24) is 0 Å². The molecule has 15 heavy (non-hydrogen) atoms. The summed E-state index contributed by atoms with van der Waals surface area (Å²) in [5.41, 5.74) is 0.574. The third kappa shape index (κ3) is 2.76. The highest BCUT2D eigenvalue weighted by molar-refractivity contribution is 6.32. The molecule has 5 heteroatoms. The van der Waals surface area contributed by atoms with Gasteiger partial charge >= 0.3 is 5.97 Å². The second-order valence-electron chi connectivity index (χ2n) is 2.88. The molecule has 0 spiro atoms. The molecule has 0 atom stereocenters. The number of hydrogen-bond acceptors (Lipinski definition) is 4. The third-order valence-electron chi connectivity index (χ3n) is 1.86. The summed E-state index contributed by atoms with van der Waals surface area (Å²) in [6, 6.07) is 2.97. The maximum absolute atomic E-state index is 11.0. The lowest BCUT2D eigenvalue weighted by molar-refractivity contribution is -0.139. The Labute approximate surface area is 92.4 Å². The number of halogens is 1. The number of esters is 1. The van der Waals surface area contributed by atoms with E-state index in [2.05, 4.69) is 4.74 Å². The van der Waals surface area contributed by atoms with Gasteiger partial charge in [0.1, 0.15) is 0 Å². The quantitative estimate of drug-likeness (QED) is 0.804. The van der Waals surface area contributed by atoms with Gasteiger partial charge in [0.25, 0.3) is 0 Å². The van der Waals surface area contributed by atoms with Gasteiger partial charge in [-0.1, -0.05) is 11.6 Å². The molecule has 0 saturated heterocycles. The molecule has 0 saturated carbocycles. The van der Waals surface area contributed by atoms with Crippen molar-refractivity contribution in [1.29, 1.82) is 0 Å². The molecule has 0 aliphatic carbocycles. The summed E-state index contributed by atoms with van der Waals surface area (Å²) in [7, 11) is 2.70.